The van der Waals surface area contributed by atoms with Crippen molar-refractivity contribution in [2.75, 3.05) is 32.0 Å². The minimum atomic E-state index is -1.15. The molecule has 59 heavy (non-hydrogen) atoms. The average molecular weight is 891 g/mol. The molecule has 0 spiro atoms. The van der Waals surface area contributed by atoms with Gasteiger partial charge in [0.2, 0.25) is 17.7 Å². The van der Waals surface area contributed by atoms with Crippen LogP contribution in [0.25, 0.3) is 22.6 Å². The van der Waals surface area contributed by atoms with Crippen LogP contribution in [-0.2, 0) is 34.4 Å². The number of hydrogen-bond donors (Lipinski definition) is 5. The molecule has 8 N–H and O–H groups in total. The number of benzene rings is 2. The lowest BCUT2D eigenvalue weighted by Gasteiger charge is -2.22. The molecule has 0 saturated carbocycles. The molecule has 0 radical (unpaired) electrons. The second kappa shape index (κ2) is 24.4. The number of amides is 2. The van der Waals surface area contributed by atoms with Crippen LogP contribution in [-0.4, -0.2) is 78.2 Å². The summed E-state index contributed by atoms with van der Waals surface area (Å²) in [4.78, 5) is 58.2. The number of nitrogens with one attached hydrogen (secondary N) is 2. The fourth-order valence-corrected chi connectivity index (χ4v) is 6.03. The third-order valence-corrected chi connectivity index (χ3v) is 9.15. The van der Waals surface area contributed by atoms with Gasteiger partial charge in [-0.1, -0.05) is 35.5 Å². The fourth-order valence-electron chi connectivity index (χ4n) is 5.03. The molecular formula is C38H42Cl3N9O8S. The minimum absolute atomic E-state index is 0. The SMILES string of the molecule is C[C@H](NC(=O)CCN)C(=O)OC[C@H](COc1ccc(-c2c(C#N)c(N)nc(SCc3coc(-c4ccc(Cl)cc4)n3)c2C#N)cc1)OC(=O)[C@H](C)NC(=O)CCN.Cl.Cl. The first-order valence-corrected chi connectivity index (χ1v) is 18.8. The number of anilines is 1. The lowest BCUT2D eigenvalue weighted by molar-refractivity contribution is -0.163. The third kappa shape index (κ3) is 14.3. The molecule has 0 aliphatic heterocycles. The zero-order valence-corrected chi connectivity index (χ0v) is 35.0. The average Bonchev–Trinajstić information content (AvgIpc) is 3.67. The molecular weight excluding hydrogens is 849 g/mol. The van der Waals surface area contributed by atoms with Crippen LogP contribution in [0.1, 0.15) is 43.5 Å². The van der Waals surface area contributed by atoms with E-state index < -0.39 is 48.5 Å². The Labute approximate surface area is 361 Å². The fraction of sp³-hybridized carbons (Fsp3) is 0.316. The molecule has 2 aromatic carbocycles. The van der Waals surface area contributed by atoms with Crippen molar-refractivity contribution in [3.8, 4) is 40.5 Å². The Morgan fingerprint density at radius 3 is 2.00 bits per heavy atom. The highest BCUT2D eigenvalue weighted by atomic mass is 35.5. The molecule has 0 bridgehead atoms. The van der Waals surface area contributed by atoms with E-state index in [2.05, 4.69) is 26.7 Å². The summed E-state index contributed by atoms with van der Waals surface area (Å²) in [5, 5.41) is 26.1. The maximum Gasteiger partial charge on any atom is 0.328 e. The van der Waals surface area contributed by atoms with Gasteiger partial charge in [0.05, 0.1) is 11.3 Å². The summed E-state index contributed by atoms with van der Waals surface area (Å²) < 4.78 is 22.4. The van der Waals surface area contributed by atoms with Crippen molar-refractivity contribution in [1.29, 1.82) is 10.5 Å². The maximum absolute atomic E-state index is 12.9. The van der Waals surface area contributed by atoms with Crippen molar-refractivity contribution in [2.45, 2.75) is 55.7 Å². The number of halogens is 3. The number of aromatic nitrogens is 2. The smallest absolute Gasteiger partial charge is 0.328 e. The highest BCUT2D eigenvalue weighted by Gasteiger charge is 2.26. The van der Waals surface area contributed by atoms with E-state index >= 15 is 0 Å². The summed E-state index contributed by atoms with van der Waals surface area (Å²) in [6, 6.07) is 15.5. The van der Waals surface area contributed by atoms with Gasteiger partial charge in [0.15, 0.2) is 6.10 Å². The Kier molecular flexibility index (Phi) is 20.4. The monoisotopic (exact) mass is 889 g/mol. The number of pyridine rings is 1. The standard InChI is InChI=1S/C38H40ClN9O8S.2ClH/c1-21(45-31(49)11-13-40)37(51)55-19-28(56-38(52)22(2)46-32(50)12-14-41)18-53-27-9-5-23(6-10-27)33-29(15-42)34(44)48-36(30(33)16-43)57-20-26-17-54-35(47-26)24-3-7-25(39)8-4-24;;/h3-10,17,21-22,28H,11-14,18-20,40-41H2,1-2H3,(H2,44,48)(H,45,49)(H,46,50);2*1H/t21-,22-,28-;;/m0../s1. The van der Waals surface area contributed by atoms with Gasteiger partial charge >= 0.3 is 11.9 Å². The Balaban J connectivity index is 0.00000600. The molecule has 0 aliphatic carbocycles. The Hall–Kier alpha value is -5.60. The van der Waals surface area contributed by atoms with Crippen LogP contribution in [0.15, 0.2) is 64.2 Å². The van der Waals surface area contributed by atoms with Gasteiger partial charge in [-0.15, -0.1) is 24.8 Å². The first kappa shape index (κ1) is 49.5. The van der Waals surface area contributed by atoms with E-state index in [4.69, 9.17) is 47.4 Å². The van der Waals surface area contributed by atoms with E-state index in [-0.39, 0.29) is 96.4 Å². The van der Waals surface area contributed by atoms with E-state index in [0.717, 1.165) is 5.56 Å². The van der Waals surface area contributed by atoms with Gasteiger partial charge in [0.1, 0.15) is 65.9 Å². The topological polar surface area (TPSA) is 285 Å². The molecule has 0 fully saturated rings. The van der Waals surface area contributed by atoms with Crippen molar-refractivity contribution >= 4 is 77.7 Å². The second-order valence-corrected chi connectivity index (χ2v) is 13.7. The number of ether oxygens (including phenoxy) is 3. The molecule has 4 aromatic rings. The van der Waals surface area contributed by atoms with Gasteiger partial charge < -0.3 is 46.5 Å². The summed E-state index contributed by atoms with van der Waals surface area (Å²) in [6.07, 6.45) is 0.361. The number of esters is 2. The highest BCUT2D eigenvalue weighted by Crippen LogP contribution is 2.37. The van der Waals surface area contributed by atoms with Crippen LogP contribution in [0.5, 0.6) is 5.75 Å². The quantitative estimate of drug-likeness (QED) is 0.0655. The van der Waals surface area contributed by atoms with Crippen molar-refractivity contribution in [2.24, 2.45) is 11.5 Å². The normalized spacial score (nSPS) is 11.8. The predicted octanol–water partition coefficient (Wildman–Crippen LogP) is 4.06. The molecule has 2 heterocycles. The maximum atomic E-state index is 12.9. The number of hydrogen-bond acceptors (Lipinski definition) is 16. The number of nitrogens with zero attached hydrogens (tertiary/aromatic N) is 4. The summed E-state index contributed by atoms with van der Waals surface area (Å²) in [6.45, 7) is 2.27. The molecule has 3 atom stereocenters. The predicted molar refractivity (Wildman–Crippen MR) is 223 cm³/mol. The number of nitrogen functional groups attached to an aromatic ring is 1. The molecule has 0 unspecified atom stereocenters. The van der Waals surface area contributed by atoms with Gasteiger partial charge in [-0.25, -0.2) is 19.6 Å². The number of nitriles is 2. The van der Waals surface area contributed by atoms with E-state index in [9.17, 15) is 29.7 Å². The first-order valence-electron chi connectivity index (χ1n) is 17.4. The van der Waals surface area contributed by atoms with Crippen LogP contribution in [0, 0.1) is 22.7 Å². The molecule has 0 saturated heterocycles. The molecule has 17 nitrogen and oxygen atoms in total. The van der Waals surface area contributed by atoms with Gasteiger partial charge in [-0.3, -0.25) is 9.59 Å². The number of rotatable bonds is 19. The summed E-state index contributed by atoms with van der Waals surface area (Å²) in [5.41, 5.74) is 19.2. The number of carbonyl (C=O) groups excluding carboxylic acids is 4. The summed E-state index contributed by atoms with van der Waals surface area (Å²) in [7, 11) is 0. The number of oxazole rings is 1. The molecule has 21 heteroatoms. The highest BCUT2D eigenvalue weighted by molar-refractivity contribution is 7.98. The van der Waals surface area contributed by atoms with Crippen molar-refractivity contribution in [3.05, 3.63) is 76.6 Å². The zero-order chi connectivity index (χ0) is 41.5. The molecule has 4 rings (SSSR count). The largest absolute Gasteiger partial charge is 0.490 e. The van der Waals surface area contributed by atoms with Gasteiger partial charge in [-0.2, -0.15) is 10.5 Å². The van der Waals surface area contributed by atoms with E-state index in [1.807, 2.05) is 6.07 Å². The third-order valence-electron chi connectivity index (χ3n) is 7.89. The molecule has 2 aromatic heterocycles. The van der Waals surface area contributed by atoms with Crippen LogP contribution in [0.2, 0.25) is 5.02 Å². The van der Waals surface area contributed by atoms with E-state index in [1.165, 1.54) is 31.9 Å². The lowest BCUT2D eigenvalue weighted by atomic mass is 9.97. The van der Waals surface area contributed by atoms with Crippen LogP contribution < -0.4 is 32.6 Å². The van der Waals surface area contributed by atoms with E-state index in [0.29, 0.717) is 22.2 Å². The number of carbonyl (C=O) groups is 4. The van der Waals surface area contributed by atoms with Crippen molar-refractivity contribution in [3.63, 3.8) is 0 Å². The van der Waals surface area contributed by atoms with Gasteiger partial charge in [0.25, 0.3) is 0 Å². The van der Waals surface area contributed by atoms with Crippen molar-refractivity contribution < 1.29 is 37.8 Å². The van der Waals surface area contributed by atoms with Gasteiger partial charge in [0, 0.05) is 47.8 Å². The second-order valence-electron chi connectivity index (χ2n) is 12.3. The minimum Gasteiger partial charge on any atom is -0.490 e. The van der Waals surface area contributed by atoms with Crippen LogP contribution >= 0.6 is 48.2 Å². The zero-order valence-electron chi connectivity index (χ0n) is 31.8. The molecule has 0 aliphatic rings. The number of thioether (sulfide) groups is 1. The first-order chi connectivity index (χ1) is 27.4. The summed E-state index contributed by atoms with van der Waals surface area (Å²) >= 11 is 7.18. The van der Waals surface area contributed by atoms with Crippen molar-refractivity contribution in [1.82, 2.24) is 20.6 Å². The van der Waals surface area contributed by atoms with Crippen LogP contribution in [0.3, 0.4) is 0 Å². The number of nitrogens with two attached hydrogens (primary N) is 3. The summed E-state index contributed by atoms with van der Waals surface area (Å²) in [5.74, 6) is -1.64. The van der Waals surface area contributed by atoms with Crippen LogP contribution in [0.4, 0.5) is 5.82 Å². The Morgan fingerprint density at radius 2 is 1.42 bits per heavy atom. The Morgan fingerprint density at radius 1 is 0.847 bits per heavy atom. The van der Waals surface area contributed by atoms with Gasteiger partial charge in [-0.05, 0) is 55.8 Å². The Bertz CT molecular complexity index is 2150. The lowest BCUT2D eigenvalue weighted by Crippen LogP contribution is -2.44. The van der Waals surface area contributed by atoms with E-state index in [1.54, 1.807) is 48.5 Å². The molecule has 314 valence electrons. The molecule has 2 amide bonds.